The van der Waals surface area contributed by atoms with Crippen molar-refractivity contribution < 1.29 is 9.84 Å². The number of hydrogen-bond acceptors (Lipinski definition) is 2. The molecule has 0 aromatic heterocycles. The van der Waals surface area contributed by atoms with Crippen molar-refractivity contribution in [3.05, 3.63) is 0 Å². The van der Waals surface area contributed by atoms with Crippen LogP contribution in [0.15, 0.2) is 0 Å². The quantitative estimate of drug-likeness (QED) is 0.396. The summed E-state index contributed by atoms with van der Waals surface area (Å²) in [5.41, 5.74) is 1.26. The highest BCUT2D eigenvalue weighted by atomic mass is 16.6. The van der Waals surface area contributed by atoms with E-state index in [0.717, 1.165) is 41.9 Å². The summed E-state index contributed by atoms with van der Waals surface area (Å²) in [4.78, 5) is 0. The molecule has 10 atom stereocenters. The van der Waals surface area contributed by atoms with Crippen molar-refractivity contribution >= 4 is 0 Å². The lowest BCUT2D eigenvalue weighted by Gasteiger charge is -2.61. The van der Waals surface area contributed by atoms with Crippen molar-refractivity contribution in [1.29, 1.82) is 0 Å². The van der Waals surface area contributed by atoms with Gasteiger partial charge in [0.15, 0.2) is 6.29 Å². The first kappa shape index (κ1) is 24.1. The zero-order valence-corrected chi connectivity index (χ0v) is 21.4. The largest absolute Gasteiger partial charge is 0.368 e. The number of ether oxygens (including phenoxy) is 1. The maximum atomic E-state index is 10.1. The van der Waals surface area contributed by atoms with Crippen LogP contribution in [0.25, 0.3) is 0 Å². The van der Waals surface area contributed by atoms with Crippen LogP contribution in [-0.2, 0) is 4.74 Å². The number of aliphatic hydroxyl groups is 1. The third-order valence-corrected chi connectivity index (χ3v) is 11.5. The number of aliphatic hydroxyl groups excluding tert-OH is 1. The van der Waals surface area contributed by atoms with Crippen LogP contribution < -0.4 is 0 Å². The third-order valence-electron chi connectivity index (χ3n) is 11.5. The molecule has 4 aliphatic carbocycles. The average Bonchev–Trinajstić information content (AvgIpc) is 3.10. The molecule has 0 aliphatic heterocycles. The van der Waals surface area contributed by atoms with Crippen LogP contribution in [0.3, 0.4) is 0 Å². The second-order valence-electron chi connectivity index (χ2n) is 12.9. The van der Waals surface area contributed by atoms with Gasteiger partial charge < -0.3 is 9.84 Å². The predicted octanol–water partition coefficient (Wildman–Crippen LogP) is 7.83. The van der Waals surface area contributed by atoms with Crippen molar-refractivity contribution in [2.45, 2.75) is 124 Å². The molecule has 0 saturated heterocycles. The lowest BCUT2D eigenvalue weighted by Crippen LogP contribution is -2.53. The first-order valence-electron chi connectivity index (χ1n) is 14.1. The Hall–Kier alpha value is -0.0800. The number of hydrogen-bond donors (Lipinski definition) is 1. The van der Waals surface area contributed by atoms with E-state index < -0.39 is 6.29 Å². The maximum Gasteiger partial charge on any atom is 0.157 e. The zero-order chi connectivity index (χ0) is 22.2. The highest BCUT2D eigenvalue weighted by Gasteiger charge is 2.60. The second kappa shape index (κ2) is 9.65. The Labute approximate surface area is 193 Å². The first-order chi connectivity index (χ1) is 14.8. The Morgan fingerprint density at radius 1 is 0.871 bits per heavy atom. The van der Waals surface area contributed by atoms with Crippen LogP contribution in [0.5, 0.6) is 0 Å². The summed E-state index contributed by atoms with van der Waals surface area (Å²) >= 11 is 0. The van der Waals surface area contributed by atoms with Gasteiger partial charge >= 0.3 is 0 Å². The van der Waals surface area contributed by atoms with Gasteiger partial charge in [-0.1, -0.05) is 53.4 Å². The minimum Gasteiger partial charge on any atom is -0.368 e. The third kappa shape index (κ3) is 4.39. The fourth-order valence-corrected chi connectivity index (χ4v) is 9.71. The molecule has 0 bridgehead atoms. The van der Waals surface area contributed by atoms with Crippen LogP contribution >= 0.6 is 0 Å². The fraction of sp³-hybridized carbons (Fsp3) is 1.00. The van der Waals surface area contributed by atoms with Gasteiger partial charge in [-0.15, -0.1) is 0 Å². The van der Waals surface area contributed by atoms with Crippen LogP contribution in [0.1, 0.15) is 118 Å². The molecule has 0 spiro atoms. The Balaban J connectivity index is 1.36. The van der Waals surface area contributed by atoms with E-state index in [1.807, 2.05) is 6.92 Å². The standard InChI is InChI=1S/C29H52O2/c1-6-31-27(30)21(3)11-9-10-20(2)24-15-16-25-23-14-13-22-12-7-8-18-28(22,4)26(23)17-19-29(24,25)5/h20-27,30H,6-19H2,1-5H3/t20-,21?,22?,23+,24-,25+,26+,27?,28+,29-/m1/s1. The first-order valence-corrected chi connectivity index (χ1v) is 14.1. The highest BCUT2D eigenvalue weighted by molar-refractivity contribution is 5.09. The van der Waals surface area contributed by atoms with Gasteiger partial charge in [-0.3, -0.25) is 0 Å². The molecule has 180 valence electrons. The van der Waals surface area contributed by atoms with Gasteiger partial charge in [0.25, 0.3) is 0 Å². The minimum atomic E-state index is -0.583. The molecule has 0 aromatic carbocycles. The summed E-state index contributed by atoms with van der Waals surface area (Å²) in [6, 6.07) is 0. The summed E-state index contributed by atoms with van der Waals surface area (Å²) in [6.07, 6.45) is 18.2. The molecule has 0 heterocycles. The van der Waals surface area contributed by atoms with E-state index in [0.29, 0.717) is 17.4 Å². The molecule has 4 rings (SSSR count). The predicted molar refractivity (Wildman–Crippen MR) is 130 cm³/mol. The van der Waals surface area contributed by atoms with Crippen LogP contribution in [0.2, 0.25) is 0 Å². The number of fused-ring (bicyclic) bond motifs is 5. The van der Waals surface area contributed by atoms with E-state index in [1.165, 1.54) is 70.6 Å². The van der Waals surface area contributed by atoms with Crippen LogP contribution in [0.4, 0.5) is 0 Å². The molecule has 4 aliphatic rings. The molecule has 2 nitrogen and oxygen atoms in total. The lowest BCUT2D eigenvalue weighted by atomic mass is 9.44. The Bertz CT molecular complexity index is 589. The lowest BCUT2D eigenvalue weighted by molar-refractivity contribution is -0.128. The molecule has 0 aromatic rings. The summed E-state index contributed by atoms with van der Waals surface area (Å²) in [6.45, 7) is 12.7. The van der Waals surface area contributed by atoms with E-state index in [4.69, 9.17) is 4.74 Å². The summed E-state index contributed by atoms with van der Waals surface area (Å²) < 4.78 is 5.40. The number of rotatable bonds is 8. The topological polar surface area (TPSA) is 29.5 Å². The average molecular weight is 433 g/mol. The molecule has 0 amide bonds. The van der Waals surface area contributed by atoms with Crippen molar-refractivity contribution in [1.82, 2.24) is 0 Å². The molecule has 4 saturated carbocycles. The van der Waals surface area contributed by atoms with Crippen molar-refractivity contribution in [3.63, 3.8) is 0 Å². The van der Waals surface area contributed by atoms with Gasteiger partial charge in [0, 0.05) is 12.5 Å². The Morgan fingerprint density at radius 3 is 2.42 bits per heavy atom. The van der Waals surface area contributed by atoms with Crippen molar-refractivity contribution in [2.24, 2.45) is 52.3 Å². The van der Waals surface area contributed by atoms with Gasteiger partial charge in [-0.05, 0) is 111 Å². The van der Waals surface area contributed by atoms with Crippen LogP contribution in [-0.4, -0.2) is 18.0 Å². The summed E-state index contributed by atoms with van der Waals surface area (Å²) in [5.74, 6) is 6.08. The maximum absolute atomic E-state index is 10.1. The van der Waals surface area contributed by atoms with E-state index >= 15 is 0 Å². The van der Waals surface area contributed by atoms with Gasteiger partial charge in [0.05, 0.1) is 0 Å². The smallest absolute Gasteiger partial charge is 0.157 e. The minimum absolute atomic E-state index is 0.251. The van der Waals surface area contributed by atoms with E-state index in [1.54, 1.807) is 6.42 Å². The van der Waals surface area contributed by atoms with Gasteiger partial charge in [0.2, 0.25) is 0 Å². The second-order valence-corrected chi connectivity index (χ2v) is 12.9. The van der Waals surface area contributed by atoms with E-state index in [2.05, 4.69) is 27.7 Å². The van der Waals surface area contributed by atoms with Gasteiger partial charge in [0.1, 0.15) is 0 Å². The van der Waals surface area contributed by atoms with E-state index in [-0.39, 0.29) is 5.92 Å². The molecular formula is C29H52O2. The normalized spacial score (nSPS) is 45.3. The summed E-state index contributed by atoms with van der Waals surface area (Å²) in [5, 5.41) is 10.1. The highest BCUT2D eigenvalue weighted by Crippen LogP contribution is 2.68. The zero-order valence-electron chi connectivity index (χ0n) is 21.4. The van der Waals surface area contributed by atoms with Gasteiger partial charge in [-0.25, -0.2) is 0 Å². The SMILES string of the molecule is CCOC(O)C(C)CCC[C@@H](C)[C@H]1CC[C@H]2[C@@H]3CCC4CCCC[C@]4(C)[C@H]3CC[C@]12C. The molecule has 2 heteroatoms. The monoisotopic (exact) mass is 432 g/mol. The molecule has 0 radical (unpaired) electrons. The molecule has 1 N–H and O–H groups in total. The van der Waals surface area contributed by atoms with Crippen LogP contribution in [0, 0.1) is 52.3 Å². The Morgan fingerprint density at radius 2 is 1.65 bits per heavy atom. The van der Waals surface area contributed by atoms with Gasteiger partial charge in [-0.2, -0.15) is 0 Å². The molecule has 3 unspecified atom stereocenters. The van der Waals surface area contributed by atoms with E-state index in [9.17, 15) is 5.11 Å². The molecule has 4 fully saturated rings. The molecular weight excluding hydrogens is 380 g/mol. The molecule has 31 heavy (non-hydrogen) atoms. The van der Waals surface area contributed by atoms with Crippen molar-refractivity contribution in [2.75, 3.05) is 6.61 Å². The fourth-order valence-electron chi connectivity index (χ4n) is 9.71. The van der Waals surface area contributed by atoms with Crippen molar-refractivity contribution in [3.8, 4) is 0 Å². The Kier molecular flexibility index (Phi) is 7.49. The summed E-state index contributed by atoms with van der Waals surface area (Å²) in [7, 11) is 0.